The Bertz CT molecular complexity index is 467. The van der Waals surface area contributed by atoms with Crippen molar-refractivity contribution in [3.8, 4) is 5.75 Å². The fourth-order valence-electron chi connectivity index (χ4n) is 2.86. The van der Waals surface area contributed by atoms with Crippen LogP contribution in [-0.4, -0.2) is 30.8 Å². The van der Waals surface area contributed by atoms with E-state index in [1.165, 1.54) is 0 Å². The maximum atomic E-state index is 11.9. The predicted octanol–water partition coefficient (Wildman–Crippen LogP) is 2.43. The summed E-state index contributed by atoms with van der Waals surface area (Å²) >= 11 is 0. The second kappa shape index (κ2) is 7.46. The zero-order valence-electron chi connectivity index (χ0n) is 12.7. The molecule has 1 aliphatic rings. The number of para-hydroxylation sites is 1. The summed E-state index contributed by atoms with van der Waals surface area (Å²) < 4.78 is 5.62. The van der Waals surface area contributed by atoms with Crippen LogP contribution in [-0.2, 0) is 4.79 Å². The average molecular weight is 291 g/mol. The van der Waals surface area contributed by atoms with E-state index in [-0.39, 0.29) is 17.9 Å². The van der Waals surface area contributed by atoms with Crippen LogP contribution in [0.1, 0.15) is 37.7 Å². The third kappa shape index (κ3) is 4.46. The molecular weight excluding hydrogens is 266 g/mol. The number of aliphatic hydroxyl groups excluding tert-OH is 1. The Balaban J connectivity index is 1.69. The highest BCUT2D eigenvalue weighted by atomic mass is 16.5. The van der Waals surface area contributed by atoms with Crippen LogP contribution in [0.5, 0.6) is 5.75 Å². The molecule has 1 aromatic carbocycles. The molecule has 4 heteroatoms. The number of aliphatic hydroxyl groups is 1. The first-order valence-corrected chi connectivity index (χ1v) is 7.71. The quantitative estimate of drug-likeness (QED) is 0.811. The second-order valence-electron chi connectivity index (χ2n) is 6.01. The number of hydrogen-bond donors (Lipinski definition) is 2. The van der Waals surface area contributed by atoms with Crippen molar-refractivity contribution in [2.24, 2.45) is 5.41 Å². The van der Waals surface area contributed by atoms with E-state index < -0.39 is 0 Å². The summed E-state index contributed by atoms with van der Waals surface area (Å²) in [6.07, 6.45) is 4.64. The molecule has 0 heterocycles. The highest BCUT2D eigenvalue weighted by molar-refractivity contribution is 5.76. The van der Waals surface area contributed by atoms with Crippen molar-refractivity contribution in [2.75, 3.05) is 19.8 Å². The molecule has 1 fully saturated rings. The molecular formula is C17H25NO3. The summed E-state index contributed by atoms with van der Waals surface area (Å²) in [6, 6.07) is 7.78. The summed E-state index contributed by atoms with van der Waals surface area (Å²) in [7, 11) is 0. The molecule has 1 aromatic rings. The molecule has 1 amide bonds. The first-order valence-electron chi connectivity index (χ1n) is 7.71. The smallest absolute Gasteiger partial charge is 0.223 e. The Morgan fingerprint density at radius 1 is 1.33 bits per heavy atom. The number of carbonyl (C=O) groups is 1. The van der Waals surface area contributed by atoms with E-state index >= 15 is 0 Å². The van der Waals surface area contributed by atoms with Gasteiger partial charge in [0.05, 0.1) is 19.6 Å². The van der Waals surface area contributed by atoms with Gasteiger partial charge >= 0.3 is 0 Å². The van der Waals surface area contributed by atoms with Crippen LogP contribution in [0.2, 0.25) is 0 Å². The number of aryl methyl sites for hydroxylation is 1. The van der Waals surface area contributed by atoms with Gasteiger partial charge in [-0.25, -0.2) is 0 Å². The molecule has 4 nitrogen and oxygen atoms in total. The van der Waals surface area contributed by atoms with Crippen molar-refractivity contribution in [3.63, 3.8) is 0 Å². The highest BCUT2D eigenvalue weighted by Crippen LogP contribution is 2.36. The first-order chi connectivity index (χ1) is 10.2. The van der Waals surface area contributed by atoms with Crippen molar-refractivity contribution in [1.82, 2.24) is 5.32 Å². The minimum atomic E-state index is -0.0907. The van der Waals surface area contributed by atoms with Crippen LogP contribution in [0.4, 0.5) is 0 Å². The Hall–Kier alpha value is -1.55. The summed E-state index contributed by atoms with van der Waals surface area (Å²) in [5, 5.41) is 12.4. The van der Waals surface area contributed by atoms with Crippen LogP contribution in [0, 0.1) is 12.3 Å². The van der Waals surface area contributed by atoms with Crippen molar-refractivity contribution in [1.29, 1.82) is 0 Å². The normalized spacial score (nSPS) is 16.7. The van der Waals surface area contributed by atoms with Gasteiger partial charge < -0.3 is 15.2 Å². The lowest BCUT2D eigenvalue weighted by Crippen LogP contribution is -2.38. The Morgan fingerprint density at radius 2 is 2.05 bits per heavy atom. The third-order valence-electron chi connectivity index (χ3n) is 4.34. The van der Waals surface area contributed by atoms with Crippen LogP contribution >= 0.6 is 0 Å². The van der Waals surface area contributed by atoms with Crippen LogP contribution in [0.15, 0.2) is 24.3 Å². The molecule has 2 N–H and O–H groups in total. The van der Waals surface area contributed by atoms with E-state index in [4.69, 9.17) is 4.74 Å². The predicted molar refractivity (Wildman–Crippen MR) is 82.3 cm³/mol. The standard InChI is InChI=1S/C17H25NO3/c1-14-6-2-3-7-15(14)21-11-8-16(20)18-12-17(13-19)9-4-5-10-17/h2-3,6-7,19H,4-5,8-13H2,1H3,(H,18,20). The molecule has 0 saturated heterocycles. The Kier molecular flexibility index (Phi) is 5.62. The second-order valence-corrected chi connectivity index (χ2v) is 6.01. The molecule has 0 radical (unpaired) electrons. The maximum Gasteiger partial charge on any atom is 0.223 e. The fourth-order valence-corrected chi connectivity index (χ4v) is 2.86. The SMILES string of the molecule is Cc1ccccc1OCCC(=O)NCC1(CO)CCCC1. The van der Waals surface area contributed by atoms with Gasteiger partial charge in [-0.1, -0.05) is 31.0 Å². The lowest BCUT2D eigenvalue weighted by molar-refractivity contribution is -0.122. The fraction of sp³-hybridized carbons (Fsp3) is 0.588. The highest BCUT2D eigenvalue weighted by Gasteiger charge is 2.33. The number of rotatable bonds is 7. The number of ether oxygens (including phenoxy) is 1. The molecule has 0 aliphatic heterocycles. The van der Waals surface area contributed by atoms with Gasteiger partial charge in [0.15, 0.2) is 0 Å². The molecule has 21 heavy (non-hydrogen) atoms. The van der Waals surface area contributed by atoms with E-state index in [1.54, 1.807) is 0 Å². The maximum absolute atomic E-state index is 11.9. The summed E-state index contributed by atoms with van der Waals surface area (Å²) in [5.41, 5.74) is 0.982. The van der Waals surface area contributed by atoms with E-state index in [0.29, 0.717) is 19.6 Å². The van der Waals surface area contributed by atoms with E-state index in [2.05, 4.69) is 5.32 Å². The Morgan fingerprint density at radius 3 is 2.71 bits per heavy atom. The molecule has 0 bridgehead atoms. The zero-order valence-corrected chi connectivity index (χ0v) is 12.7. The molecule has 0 atom stereocenters. The average Bonchev–Trinajstić information content (AvgIpc) is 2.97. The zero-order chi connectivity index (χ0) is 15.1. The number of nitrogens with one attached hydrogen (secondary N) is 1. The number of carbonyl (C=O) groups excluding carboxylic acids is 1. The largest absolute Gasteiger partial charge is 0.493 e. The van der Waals surface area contributed by atoms with E-state index in [9.17, 15) is 9.90 Å². The molecule has 0 aromatic heterocycles. The van der Waals surface area contributed by atoms with Crippen molar-refractivity contribution >= 4 is 5.91 Å². The van der Waals surface area contributed by atoms with Gasteiger partial charge in [-0.05, 0) is 31.4 Å². The summed E-state index contributed by atoms with van der Waals surface area (Å²) in [5.74, 6) is 0.816. The summed E-state index contributed by atoms with van der Waals surface area (Å²) in [4.78, 5) is 11.9. The number of benzene rings is 1. The molecule has 0 unspecified atom stereocenters. The molecule has 1 aliphatic carbocycles. The van der Waals surface area contributed by atoms with Crippen LogP contribution < -0.4 is 10.1 Å². The molecule has 0 spiro atoms. The van der Waals surface area contributed by atoms with Crippen molar-refractivity contribution < 1.29 is 14.6 Å². The molecule has 2 rings (SSSR count). The van der Waals surface area contributed by atoms with Gasteiger partial charge in [-0.3, -0.25) is 4.79 Å². The third-order valence-corrected chi connectivity index (χ3v) is 4.34. The number of amides is 1. The van der Waals surface area contributed by atoms with Crippen LogP contribution in [0.3, 0.4) is 0 Å². The van der Waals surface area contributed by atoms with Crippen molar-refractivity contribution in [3.05, 3.63) is 29.8 Å². The van der Waals surface area contributed by atoms with Gasteiger partial charge in [-0.15, -0.1) is 0 Å². The van der Waals surface area contributed by atoms with Gasteiger partial charge in [-0.2, -0.15) is 0 Å². The lowest BCUT2D eigenvalue weighted by atomic mass is 9.87. The van der Waals surface area contributed by atoms with Crippen LogP contribution in [0.25, 0.3) is 0 Å². The monoisotopic (exact) mass is 291 g/mol. The minimum absolute atomic E-state index is 0.0108. The first kappa shape index (κ1) is 15.8. The van der Waals surface area contributed by atoms with Gasteiger partial charge in [0, 0.05) is 12.0 Å². The Labute approximate surface area is 126 Å². The van der Waals surface area contributed by atoms with Gasteiger partial charge in [0.2, 0.25) is 5.91 Å². The van der Waals surface area contributed by atoms with Gasteiger partial charge in [0.25, 0.3) is 0 Å². The molecule has 116 valence electrons. The van der Waals surface area contributed by atoms with Crippen molar-refractivity contribution in [2.45, 2.75) is 39.0 Å². The number of hydrogen-bond acceptors (Lipinski definition) is 3. The lowest BCUT2D eigenvalue weighted by Gasteiger charge is -2.26. The molecule has 1 saturated carbocycles. The summed E-state index contributed by atoms with van der Waals surface area (Å²) in [6.45, 7) is 3.10. The van der Waals surface area contributed by atoms with E-state index in [0.717, 1.165) is 37.0 Å². The minimum Gasteiger partial charge on any atom is -0.493 e. The topological polar surface area (TPSA) is 58.6 Å². The van der Waals surface area contributed by atoms with Gasteiger partial charge in [0.1, 0.15) is 5.75 Å². The van der Waals surface area contributed by atoms with E-state index in [1.807, 2.05) is 31.2 Å².